The van der Waals surface area contributed by atoms with Crippen LogP contribution in [-0.4, -0.2) is 29.5 Å². The van der Waals surface area contributed by atoms with Crippen molar-refractivity contribution in [1.82, 2.24) is 5.32 Å². The lowest BCUT2D eigenvalue weighted by atomic mass is 10.1. The van der Waals surface area contributed by atoms with Gasteiger partial charge in [-0.3, -0.25) is 4.79 Å². The summed E-state index contributed by atoms with van der Waals surface area (Å²) in [6.45, 7) is 0. The number of nitrogens with one attached hydrogen (secondary N) is 1. The lowest BCUT2D eigenvalue weighted by Gasteiger charge is -2.21. The Hall–Kier alpha value is -0.220. The predicted molar refractivity (Wildman–Crippen MR) is 68.4 cm³/mol. The molecule has 4 heteroatoms. The summed E-state index contributed by atoms with van der Waals surface area (Å²) in [5.74, 6) is 0.428. The quantitative estimate of drug-likeness (QED) is 0.789. The molecule has 0 aliphatic heterocycles. The molecule has 2 fully saturated rings. The Morgan fingerprint density at radius 2 is 2.12 bits per heavy atom. The summed E-state index contributed by atoms with van der Waals surface area (Å²) in [6, 6.07) is 0.648. The first kappa shape index (κ1) is 12.2. The molecule has 2 aliphatic carbocycles. The summed E-state index contributed by atoms with van der Waals surface area (Å²) in [5.41, 5.74) is 5.84. The average molecular weight is 242 g/mol. The van der Waals surface area contributed by atoms with Crippen LogP contribution in [0.4, 0.5) is 0 Å². The third-order valence-electron chi connectivity index (χ3n) is 3.93. The number of nitrogens with two attached hydrogens (primary N) is 1. The molecule has 0 bridgehead atoms. The molecule has 92 valence electrons. The second kappa shape index (κ2) is 5.41. The van der Waals surface area contributed by atoms with E-state index in [4.69, 9.17) is 5.73 Å². The van der Waals surface area contributed by atoms with Gasteiger partial charge in [0, 0.05) is 23.3 Å². The Balaban J connectivity index is 1.82. The van der Waals surface area contributed by atoms with Gasteiger partial charge in [0.25, 0.3) is 0 Å². The molecule has 0 radical (unpaired) electrons. The zero-order valence-corrected chi connectivity index (χ0v) is 10.8. The molecule has 0 saturated heterocycles. The minimum atomic E-state index is 0.179. The maximum Gasteiger partial charge on any atom is 0.223 e. The van der Waals surface area contributed by atoms with E-state index < -0.39 is 0 Å². The Kier molecular flexibility index (Phi) is 4.14. The van der Waals surface area contributed by atoms with Crippen LogP contribution >= 0.6 is 11.8 Å². The van der Waals surface area contributed by atoms with E-state index in [9.17, 15) is 4.79 Å². The number of carbonyl (C=O) groups excluding carboxylic acids is 1. The van der Waals surface area contributed by atoms with Gasteiger partial charge in [-0.15, -0.1) is 0 Å². The van der Waals surface area contributed by atoms with E-state index in [0.29, 0.717) is 11.3 Å². The normalized spacial score (nSPS) is 38.9. The summed E-state index contributed by atoms with van der Waals surface area (Å²) >= 11 is 1.89. The van der Waals surface area contributed by atoms with E-state index in [1.807, 2.05) is 11.8 Å². The van der Waals surface area contributed by atoms with Gasteiger partial charge >= 0.3 is 0 Å². The molecule has 3 nitrogen and oxygen atoms in total. The van der Waals surface area contributed by atoms with Crippen LogP contribution in [0.5, 0.6) is 0 Å². The van der Waals surface area contributed by atoms with Crippen LogP contribution in [0.15, 0.2) is 0 Å². The van der Waals surface area contributed by atoms with Crippen LogP contribution in [0.2, 0.25) is 0 Å². The van der Waals surface area contributed by atoms with Crippen molar-refractivity contribution in [2.24, 2.45) is 11.7 Å². The van der Waals surface area contributed by atoms with Crippen LogP contribution in [0.25, 0.3) is 0 Å². The monoisotopic (exact) mass is 242 g/mol. The fourth-order valence-corrected chi connectivity index (χ4v) is 3.86. The number of rotatable bonds is 3. The molecule has 0 heterocycles. The van der Waals surface area contributed by atoms with Gasteiger partial charge in [0.1, 0.15) is 0 Å². The van der Waals surface area contributed by atoms with E-state index >= 15 is 0 Å². The van der Waals surface area contributed by atoms with Crippen molar-refractivity contribution in [3.05, 3.63) is 0 Å². The van der Waals surface area contributed by atoms with Crippen LogP contribution < -0.4 is 11.1 Å². The minimum Gasteiger partial charge on any atom is -0.352 e. The molecule has 0 aromatic heterocycles. The highest BCUT2D eigenvalue weighted by molar-refractivity contribution is 7.99. The third-order valence-corrected chi connectivity index (χ3v) is 5.10. The summed E-state index contributed by atoms with van der Waals surface area (Å²) in [7, 11) is 0. The average Bonchev–Trinajstić information content (AvgIpc) is 2.86. The molecule has 0 spiro atoms. The van der Waals surface area contributed by atoms with Crippen molar-refractivity contribution in [2.75, 3.05) is 6.26 Å². The first-order valence-corrected chi connectivity index (χ1v) is 7.58. The van der Waals surface area contributed by atoms with Gasteiger partial charge in [-0.25, -0.2) is 0 Å². The Labute approximate surface area is 102 Å². The van der Waals surface area contributed by atoms with Crippen LogP contribution in [0.1, 0.15) is 38.5 Å². The molecule has 4 unspecified atom stereocenters. The van der Waals surface area contributed by atoms with Gasteiger partial charge in [-0.1, -0.05) is 6.42 Å². The van der Waals surface area contributed by atoms with Crippen molar-refractivity contribution < 1.29 is 4.79 Å². The van der Waals surface area contributed by atoms with Crippen molar-refractivity contribution in [3.63, 3.8) is 0 Å². The largest absolute Gasteiger partial charge is 0.352 e. The van der Waals surface area contributed by atoms with Gasteiger partial charge < -0.3 is 11.1 Å². The molecular formula is C12H22N2OS. The summed E-state index contributed by atoms with van der Waals surface area (Å²) < 4.78 is 0. The van der Waals surface area contributed by atoms with E-state index in [1.165, 1.54) is 12.8 Å². The van der Waals surface area contributed by atoms with Gasteiger partial charge in [-0.2, -0.15) is 11.8 Å². The van der Waals surface area contributed by atoms with E-state index in [0.717, 1.165) is 25.7 Å². The fourth-order valence-electron chi connectivity index (χ4n) is 2.93. The second-order valence-electron chi connectivity index (χ2n) is 5.09. The SMILES string of the molecule is CSC1CCCC1NC(=O)C1CCC(N)C1. The number of thioether (sulfide) groups is 1. The summed E-state index contributed by atoms with van der Waals surface area (Å²) in [4.78, 5) is 12.0. The highest BCUT2D eigenvalue weighted by Crippen LogP contribution is 2.30. The van der Waals surface area contributed by atoms with Gasteiger partial charge in [0.05, 0.1) is 0 Å². The molecule has 0 aromatic rings. The number of carbonyl (C=O) groups is 1. The zero-order chi connectivity index (χ0) is 11.5. The smallest absolute Gasteiger partial charge is 0.223 e. The molecule has 0 aromatic carbocycles. The van der Waals surface area contributed by atoms with Gasteiger partial charge in [-0.05, 0) is 38.4 Å². The number of amides is 1. The van der Waals surface area contributed by atoms with Gasteiger partial charge in [0.15, 0.2) is 0 Å². The topological polar surface area (TPSA) is 55.1 Å². The molecule has 16 heavy (non-hydrogen) atoms. The van der Waals surface area contributed by atoms with E-state index in [1.54, 1.807) is 0 Å². The first-order chi connectivity index (χ1) is 7.70. The third kappa shape index (κ3) is 2.72. The van der Waals surface area contributed by atoms with Gasteiger partial charge in [0.2, 0.25) is 5.91 Å². The zero-order valence-electron chi connectivity index (χ0n) is 9.95. The Morgan fingerprint density at radius 1 is 1.31 bits per heavy atom. The highest BCUT2D eigenvalue weighted by atomic mass is 32.2. The Morgan fingerprint density at radius 3 is 2.75 bits per heavy atom. The molecule has 2 aliphatic rings. The molecule has 4 atom stereocenters. The second-order valence-corrected chi connectivity index (χ2v) is 6.17. The maximum atomic E-state index is 12.0. The first-order valence-electron chi connectivity index (χ1n) is 6.29. The molecule has 2 saturated carbocycles. The lowest BCUT2D eigenvalue weighted by molar-refractivity contribution is -0.125. The summed E-state index contributed by atoms with van der Waals surface area (Å²) in [5, 5.41) is 3.85. The predicted octanol–water partition coefficient (Wildman–Crippen LogP) is 1.51. The van der Waals surface area contributed by atoms with E-state index in [-0.39, 0.29) is 17.9 Å². The minimum absolute atomic E-state index is 0.179. The van der Waals surface area contributed by atoms with Crippen LogP contribution in [-0.2, 0) is 4.79 Å². The molecule has 3 N–H and O–H groups in total. The molecular weight excluding hydrogens is 220 g/mol. The standard InChI is InChI=1S/C12H22N2OS/c1-16-11-4-2-3-10(11)14-12(15)8-5-6-9(13)7-8/h8-11H,2-7,13H2,1H3,(H,14,15). The maximum absolute atomic E-state index is 12.0. The van der Waals surface area contributed by atoms with Crippen LogP contribution in [0, 0.1) is 5.92 Å². The number of hydrogen-bond donors (Lipinski definition) is 2. The molecule has 1 amide bonds. The Bertz CT molecular complexity index is 259. The lowest BCUT2D eigenvalue weighted by Crippen LogP contribution is -2.41. The van der Waals surface area contributed by atoms with Crippen molar-refractivity contribution in [3.8, 4) is 0 Å². The molecule has 2 rings (SSSR count). The van der Waals surface area contributed by atoms with E-state index in [2.05, 4.69) is 11.6 Å². The number of hydrogen-bond acceptors (Lipinski definition) is 3. The van der Waals surface area contributed by atoms with Crippen molar-refractivity contribution >= 4 is 17.7 Å². The highest BCUT2D eigenvalue weighted by Gasteiger charge is 2.32. The fraction of sp³-hybridized carbons (Fsp3) is 0.917. The van der Waals surface area contributed by atoms with Crippen molar-refractivity contribution in [1.29, 1.82) is 0 Å². The van der Waals surface area contributed by atoms with Crippen molar-refractivity contribution in [2.45, 2.75) is 55.9 Å². The van der Waals surface area contributed by atoms with Crippen LogP contribution in [0.3, 0.4) is 0 Å². The summed E-state index contributed by atoms with van der Waals surface area (Å²) in [6.07, 6.45) is 8.65.